The zero-order valence-corrected chi connectivity index (χ0v) is 19.4. The van der Waals surface area contributed by atoms with Gasteiger partial charge >= 0.3 is 0 Å². The molecule has 0 saturated heterocycles. The molecule has 2 aliphatic rings. The number of halogens is 1. The summed E-state index contributed by atoms with van der Waals surface area (Å²) in [5, 5.41) is 0.768. The molecule has 2 aliphatic carbocycles. The Balaban J connectivity index is 1.42. The number of imidazole rings is 1. The predicted molar refractivity (Wildman–Crippen MR) is 130 cm³/mol. The molecular formula is C27H30ClN3O. The first kappa shape index (κ1) is 21.3. The second-order valence-corrected chi connectivity index (χ2v) is 9.68. The molecule has 4 nitrogen and oxygen atoms in total. The molecule has 5 heteroatoms. The Morgan fingerprint density at radius 3 is 2.56 bits per heavy atom. The number of hydrogen-bond acceptors (Lipinski definition) is 3. The minimum atomic E-state index is 0.301. The van der Waals surface area contributed by atoms with Crippen LogP contribution < -0.4 is 4.90 Å². The number of rotatable bonds is 10. The lowest BCUT2D eigenvalue weighted by Crippen LogP contribution is -2.29. The number of hydrogen-bond donors (Lipinski definition) is 1. The van der Waals surface area contributed by atoms with E-state index in [0.29, 0.717) is 30.6 Å². The molecule has 0 atom stereocenters. The monoisotopic (exact) mass is 447 g/mol. The number of carbonyl (C=O) groups excluding carboxylic acids is 1. The Morgan fingerprint density at radius 2 is 1.88 bits per heavy atom. The van der Waals surface area contributed by atoms with Crippen LogP contribution in [-0.4, -0.2) is 28.8 Å². The molecule has 0 aliphatic heterocycles. The average Bonchev–Trinajstić information content (AvgIpc) is 3.74. The summed E-state index contributed by atoms with van der Waals surface area (Å²) < 4.78 is 0. The van der Waals surface area contributed by atoms with E-state index >= 15 is 0 Å². The molecule has 0 radical (unpaired) electrons. The van der Waals surface area contributed by atoms with Gasteiger partial charge in [0.2, 0.25) is 5.95 Å². The van der Waals surface area contributed by atoms with Crippen molar-refractivity contribution >= 4 is 23.3 Å². The number of aromatic nitrogens is 2. The number of nitrogens with one attached hydrogen (secondary N) is 1. The molecule has 2 fully saturated rings. The smallest absolute Gasteiger partial charge is 0.203 e. The maximum absolute atomic E-state index is 12.4. The van der Waals surface area contributed by atoms with Crippen molar-refractivity contribution in [1.29, 1.82) is 0 Å². The highest BCUT2D eigenvalue weighted by molar-refractivity contribution is 6.31. The number of aryl methyl sites for hydroxylation is 1. The van der Waals surface area contributed by atoms with E-state index in [1.165, 1.54) is 24.1 Å². The van der Waals surface area contributed by atoms with Crippen molar-refractivity contribution in [3.63, 3.8) is 0 Å². The molecule has 2 aromatic carbocycles. The molecule has 1 aromatic heterocycles. The van der Waals surface area contributed by atoms with E-state index in [0.717, 1.165) is 53.6 Å². The fourth-order valence-corrected chi connectivity index (χ4v) is 4.42. The molecule has 0 bridgehead atoms. The van der Waals surface area contributed by atoms with E-state index in [1.54, 1.807) is 0 Å². The van der Waals surface area contributed by atoms with E-state index in [1.807, 2.05) is 19.1 Å². The average molecular weight is 448 g/mol. The van der Waals surface area contributed by atoms with Crippen molar-refractivity contribution < 1.29 is 4.79 Å². The summed E-state index contributed by atoms with van der Waals surface area (Å²) in [6.07, 6.45) is 6.02. The number of H-pyrrole nitrogens is 1. The highest BCUT2D eigenvalue weighted by atomic mass is 35.5. The number of anilines is 1. The molecule has 0 spiro atoms. The zero-order valence-electron chi connectivity index (χ0n) is 18.6. The van der Waals surface area contributed by atoms with Crippen molar-refractivity contribution in [2.75, 3.05) is 18.0 Å². The largest absolute Gasteiger partial charge is 0.342 e. The number of Topliss-reactive ketones (excluding diaryl/α,β-unsaturated/α-hetero) is 1. The van der Waals surface area contributed by atoms with Crippen LogP contribution in [0.2, 0.25) is 5.02 Å². The molecule has 1 N–H and O–H groups in total. The van der Waals surface area contributed by atoms with Gasteiger partial charge in [-0.2, -0.15) is 0 Å². The van der Waals surface area contributed by atoms with Gasteiger partial charge in [-0.25, -0.2) is 4.98 Å². The van der Waals surface area contributed by atoms with Crippen LogP contribution in [-0.2, 0) is 11.2 Å². The van der Waals surface area contributed by atoms with Gasteiger partial charge in [0, 0.05) is 47.6 Å². The number of aromatic amines is 1. The highest BCUT2D eigenvalue weighted by Crippen LogP contribution is 2.44. The third-order valence-electron chi connectivity index (χ3n) is 6.62. The third kappa shape index (κ3) is 4.91. The number of carbonyl (C=O) groups is 1. The van der Waals surface area contributed by atoms with E-state index in [9.17, 15) is 4.79 Å². The minimum Gasteiger partial charge on any atom is -0.342 e. The molecule has 2 saturated carbocycles. The van der Waals surface area contributed by atoms with Crippen LogP contribution in [0.1, 0.15) is 54.8 Å². The van der Waals surface area contributed by atoms with Crippen molar-refractivity contribution in [2.24, 2.45) is 5.92 Å². The molecule has 166 valence electrons. The fraction of sp³-hybridized carbons (Fsp3) is 0.407. The Hall–Kier alpha value is -2.59. The molecule has 5 rings (SSSR count). The van der Waals surface area contributed by atoms with Crippen molar-refractivity contribution in [1.82, 2.24) is 9.97 Å². The van der Waals surface area contributed by atoms with Gasteiger partial charge in [-0.1, -0.05) is 54.1 Å². The number of nitrogens with zero attached hydrogens (tertiary/aromatic N) is 2. The first-order chi connectivity index (χ1) is 15.6. The van der Waals surface area contributed by atoms with Gasteiger partial charge in [-0.3, -0.25) is 4.79 Å². The van der Waals surface area contributed by atoms with Gasteiger partial charge in [-0.15, -0.1) is 0 Å². The van der Waals surface area contributed by atoms with Crippen molar-refractivity contribution in [3.05, 3.63) is 70.4 Å². The second-order valence-electron chi connectivity index (χ2n) is 9.27. The topological polar surface area (TPSA) is 49.0 Å². The van der Waals surface area contributed by atoms with E-state index in [-0.39, 0.29) is 0 Å². The zero-order chi connectivity index (χ0) is 22.1. The fourth-order valence-electron chi connectivity index (χ4n) is 4.24. The molecule has 3 aromatic rings. The van der Waals surface area contributed by atoms with Crippen LogP contribution >= 0.6 is 11.6 Å². The Kier molecular flexibility index (Phi) is 6.05. The number of ketones is 1. The van der Waals surface area contributed by atoms with Gasteiger partial charge in [0.1, 0.15) is 5.78 Å². The Morgan fingerprint density at radius 1 is 1.09 bits per heavy atom. The second kappa shape index (κ2) is 9.11. The van der Waals surface area contributed by atoms with Crippen LogP contribution in [0.15, 0.2) is 48.5 Å². The first-order valence-electron chi connectivity index (χ1n) is 11.8. The van der Waals surface area contributed by atoms with Crippen LogP contribution in [0.3, 0.4) is 0 Å². The van der Waals surface area contributed by atoms with Crippen LogP contribution in [0.5, 0.6) is 0 Å². The summed E-state index contributed by atoms with van der Waals surface area (Å²) in [7, 11) is 0. The molecule has 32 heavy (non-hydrogen) atoms. The van der Waals surface area contributed by atoms with Gasteiger partial charge < -0.3 is 9.88 Å². The minimum absolute atomic E-state index is 0.301. The van der Waals surface area contributed by atoms with E-state index in [2.05, 4.69) is 46.3 Å². The maximum Gasteiger partial charge on any atom is 0.203 e. The SMILES string of the molecule is Cc1ccc(-c2nc(N(CCC(=O)C3CC3)CCc3ccccc3)[nH]c2C2CC2)cc1Cl. The summed E-state index contributed by atoms with van der Waals surface area (Å²) >= 11 is 6.43. The van der Waals surface area contributed by atoms with Crippen molar-refractivity contribution in [2.45, 2.75) is 51.4 Å². The van der Waals surface area contributed by atoms with Crippen LogP contribution in [0.25, 0.3) is 11.3 Å². The summed E-state index contributed by atoms with van der Waals surface area (Å²) in [6.45, 7) is 3.55. The van der Waals surface area contributed by atoms with Crippen LogP contribution in [0, 0.1) is 12.8 Å². The van der Waals surface area contributed by atoms with Gasteiger partial charge in [0.15, 0.2) is 0 Å². The highest BCUT2D eigenvalue weighted by Gasteiger charge is 2.32. The van der Waals surface area contributed by atoms with Crippen LogP contribution in [0.4, 0.5) is 5.95 Å². The van der Waals surface area contributed by atoms with Crippen molar-refractivity contribution in [3.8, 4) is 11.3 Å². The lowest BCUT2D eigenvalue weighted by molar-refractivity contribution is -0.120. The molecular weight excluding hydrogens is 418 g/mol. The third-order valence-corrected chi connectivity index (χ3v) is 7.03. The quantitative estimate of drug-likeness (QED) is 0.394. The normalized spacial score (nSPS) is 15.7. The standard InChI is InChI=1S/C27H30ClN3O/c1-18-7-8-22(17-23(18)28)26-25(21-11-12-21)29-27(30-26)31(16-14-24(32)20-9-10-20)15-13-19-5-3-2-4-6-19/h2-8,17,20-21H,9-16H2,1H3,(H,29,30). The van der Waals surface area contributed by atoms with E-state index < -0.39 is 0 Å². The summed E-state index contributed by atoms with van der Waals surface area (Å²) in [5.74, 6) is 2.11. The summed E-state index contributed by atoms with van der Waals surface area (Å²) in [5.41, 5.74) is 5.63. The Bertz CT molecular complexity index is 1100. The summed E-state index contributed by atoms with van der Waals surface area (Å²) in [4.78, 5) is 23.4. The van der Waals surface area contributed by atoms with E-state index in [4.69, 9.17) is 16.6 Å². The molecule has 0 unspecified atom stereocenters. The summed E-state index contributed by atoms with van der Waals surface area (Å²) in [6, 6.07) is 16.7. The lowest BCUT2D eigenvalue weighted by Gasteiger charge is -2.22. The lowest BCUT2D eigenvalue weighted by atomic mass is 10.1. The Labute approximate surface area is 195 Å². The predicted octanol–water partition coefficient (Wildman–Crippen LogP) is 6.33. The van der Waals surface area contributed by atoms with Gasteiger partial charge in [0.25, 0.3) is 0 Å². The first-order valence-corrected chi connectivity index (χ1v) is 12.1. The van der Waals surface area contributed by atoms with Gasteiger partial charge in [0.05, 0.1) is 5.69 Å². The molecule has 1 heterocycles. The van der Waals surface area contributed by atoms with Gasteiger partial charge in [-0.05, 0) is 56.2 Å². The maximum atomic E-state index is 12.4. The molecule has 0 amide bonds. The number of benzene rings is 2.